The quantitative estimate of drug-likeness (QED) is 0.601. The van der Waals surface area contributed by atoms with E-state index >= 15 is 0 Å². The van der Waals surface area contributed by atoms with Gasteiger partial charge in [0.15, 0.2) is 5.65 Å². The van der Waals surface area contributed by atoms with Gasteiger partial charge in [-0.25, -0.2) is 4.98 Å². The van der Waals surface area contributed by atoms with Gasteiger partial charge in [-0.15, -0.1) is 0 Å². The van der Waals surface area contributed by atoms with E-state index in [1.807, 2.05) is 6.07 Å². The molecule has 2 aromatic heterocycles. The van der Waals surface area contributed by atoms with Crippen molar-refractivity contribution in [3.05, 3.63) is 23.4 Å². The van der Waals surface area contributed by atoms with Crippen LogP contribution < -0.4 is 15.5 Å². The summed E-state index contributed by atoms with van der Waals surface area (Å²) in [5, 5.41) is 10.3. The standard InChI is InChI=1S/C18H20N6O3/c25-16-8-11(18(26)22-16)7-12-10-19-24-15(20-13-1-2-13)9-14(21-17(12)24)23-3-5-27-6-4-23/h7,9-10,13,20H,1-6,8H2,(H,22,25,26)/b11-7+. The number of morpholine rings is 1. The molecule has 2 saturated heterocycles. The molecule has 0 radical (unpaired) electrons. The van der Waals surface area contributed by atoms with Gasteiger partial charge >= 0.3 is 0 Å². The molecule has 0 spiro atoms. The molecule has 1 saturated carbocycles. The zero-order chi connectivity index (χ0) is 18.4. The summed E-state index contributed by atoms with van der Waals surface area (Å²) in [6.45, 7) is 2.93. The molecular weight excluding hydrogens is 348 g/mol. The molecule has 2 aromatic rings. The third-order valence-corrected chi connectivity index (χ3v) is 4.98. The Hall–Kier alpha value is -2.94. The highest BCUT2D eigenvalue weighted by Gasteiger charge is 2.26. The average molecular weight is 368 g/mol. The van der Waals surface area contributed by atoms with Crippen molar-refractivity contribution in [3.8, 4) is 0 Å². The Morgan fingerprint density at radius 3 is 2.78 bits per heavy atom. The lowest BCUT2D eigenvalue weighted by molar-refractivity contribution is -0.124. The van der Waals surface area contributed by atoms with Crippen LogP contribution in [-0.4, -0.2) is 58.8 Å². The largest absolute Gasteiger partial charge is 0.378 e. The number of rotatable bonds is 4. The number of carbonyl (C=O) groups excluding carboxylic acids is 2. The molecule has 4 heterocycles. The van der Waals surface area contributed by atoms with Crippen LogP contribution in [0.4, 0.5) is 11.6 Å². The first kappa shape index (κ1) is 16.2. The Kier molecular flexibility index (Phi) is 3.82. The highest BCUT2D eigenvalue weighted by molar-refractivity contribution is 6.15. The number of hydrogen-bond donors (Lipinski definition) is 2. The van der Waals surface area contributed by atoms with Gasteiger partial charge in [0.2, 0.25) is 5.91 Å². The summed E-state index contributed by atoms with van der Waals surface area (Å²) in [4.78, 5) is 30.4. The molecule has 9 nitrogen and oxygen atoms in total. The van der Waals surface area contributed by atoms with Gasteiger partial charge in [-0.2, -0.15) is 9.61 Å². The highest BCUT2D eigenvalue weighted by Crippen LogP contribution is 2.29. The molecular formula is C18H20N6O3. The Labute approximate surface area is 155 Å². The smallest absolute Gasteiger partial charge is 0.254 e. The molecule has 1 aliphatic carbocycles. The van der Waals surface area contributed by atoms with Crippen LogP contribution in [0.3, 0.4) is 0 Å². The molecule has 3 aliphatic rings. The third-order valence-electron chi connectivity index (χ3n) is 4.98. The second-order valence-electron chi connectivity index (χ2n) is 7.08. The van der Waals surface area contributed by atoms with E-state index in [9.17, 15) is 9.59 Å². The van der Waals surface area contributed by atoms with E-state index in [1.165, 1.54) is 0 Å². The van der Waals surface area contributed by atoms with E-state index in [-0.39, 0.29) is 18.2 Å². The summed E-state index contributed by atoms with van der Waals surface area (Å²) >= 11 is 0. The lowest BCUT2D eigenvalue weighted by atomic mass is 10.1. The van der Waals surface area contributed by atoms with Crippen LogP contribution in [0.1, 0.15) is 24.8 Å². The van der Waals surface area contributed by atoms with Gasteiger partial charge in [-0.3, -0.25) is 14.9 Å². The van der Waals surface area contributed by atoms with E-state index in [0.717, 1.165) is 43.1 Å². The predicted molar refractivity (Wildman–Crippen MR) is 98.4 cm³/mol. The van der Waals surface area contributed by atoms with Gasteiger partial charge in [0, 0.05) is 36.3 Å². The fourth-order valence-corrected chi connectivity index (χ4v) is 3.37. The van der Waals surface area contributed by atoms with Crippen LogP contribution in [-0.2, 0) is 14.3 Å². The van der Waals surface area contributed by atoms with E-state index in [2.05, 4.69) is 20.6 Å². The SMILES string of the molecule is O=C1C/C(=C\c2cnn3c(NC4CC4)cc(N4CCOCC4)nc23)C(=O)N1. The maximum atomic E-state index is 11.9. The number of fused-ring (bicyclic) bond motifs is 1. The Balaban J connectivity index is 1.58. The first-order valence-electron chi connectivity index (χ1n) is 9.20. The van der Waals surface area contributed by atoms with Crippen molar-refractivity contribution in [1.82, 2.24) is 19.9 Å². The van der Waals surface area contributed by atoms with Gasteiger partial charge in [0.05, 0.1) is 25.8 Å². The van der Waals surface area contributed by atoms with E-state index in [1.54, 1.807) is 16.8 Å². The second kappa shape index (κ2) is 6.34. The number of nitrogens with one attached hydrogen (secondary N) is 2. The molecule has 9 heteroatoms. The van der Waals surface area contributed by atoms with Crippen LogP contribution in [0.5, 0.6) is 0 Å². The number of nitrogens with zero attached hydrogens (tertiary/aromatic N) is 4. The summed E-state index contributed by atoms with van der Waals surface area (Å²) in [6, 6.07) is 2.49. The fraction of sp³-hybridized carbons (Fsp3) is 0.444. The molecule has 0 unspecified atom stereocenters. The van der Waals surface area contributed by atoms with Crippen molar-refractivity contribution < 1.29 is 14.3 Å². The van der Waals surface area contributed by atoms with Crippen molar-refractivity contribution in [2.45, 2.75) is 25.3 Å². The van der Waals surface area contributed by atoms with E-state index in [4.69, 9.17) is 9.72 Å². The summed E-state index contributed by atoms with van der Waals surface area (Å²) in [6.07, 6.45) is 5.78. The first-order chi connectivity index (χ1) is 13.2. The molecule has 27 heavy (non-hydrogen) atoms. The van der Waals surface area contributed by atoms with Crippen molar-refractivity contribution in [1.29, 1.82) is 0 Å². The van der Waals surface area contributed by atoms with Crippen LogP contribution in [0, 0.1) is 0 Å². The highest BCUT2D eigenvalue weighted by atomic mass is 16.5. The fourth-order valence-electron chi connectivity index (χ4n) is 3.37. The Bertz CT molecular complexity index is 955. The second-order valence-corrected chi connectivity index (χ2v) is 7.08. The predicted octanol–water partition coefficient (Wildman–Crippen LogP) is 0.570. The minimum atomic E-state index is -0.347. The number of imide groups is 1. The monoisotopic (exact) mass is 368 g/mol. The maximum Gasteiger partial charge on any atom is 0.254 e. The van der Waals surface area contributed by atoms with Gasteiger partial charge in [0.1, 0.15) is 11.6 Å². The van der Waals surface area contributed by atoms with Crippen LogP contribution in [0.25, 0.3) is 11.7 Å². The number of ether oxygens (including phenoxy) is 1. The van der Waals surface area contributed by atoms with Crippen molar-refractivity contribution in [2.75, 3.05) is 36.5 Å². The minimum absolute atomic E-state index is 0.0898. The van der Waals surface area contributed by atoms with Gasteiger partial charge in [-0.1, -0.05) is 0 Å². The third kappa shape index (κ3) is 3.14. The van der Waals surface area contributed by atoms with Crippen molar-refractivity contribution >= 4 is 35.2 Å². The molecule has 5 rings (SSSR count). The topological polar surface area (TPSA) is 101 Å². The van der Waals surface area contributed by atoms with E-state index < -0.39 is 0 Å². The van der Waals surface area contributed by atoms with Gasteiger partial charge < -0.3 is 15.0 Å². The number of amides is 2. The lowest BCUT2D eigenvalue weighted by Gasteiger charge is -2.28. The Morgan fingerprint density at radius 1 is 1.26 bits per heavy atom. The summed E-state index contributed by atoms with van der Waals surface area (Å²) in [7, 11) is 0. The molecule has 0 atom stereocenters. The maximum absolute atomic E-state index is 11.9. The molecule has 2 amide bonds. The van der Waals surface area contributed by atoms with Crippen molar-refractivity contribution in [2.24, 2.45) is 0 Å². The van der Waals surface area contributed by atoms with E-state index in [0.29, 0.717) is 30.5 Å². The van der Waals surface area contributed by atoms with Crippen molar-refractivity contribution in [3.63, 3.8) is 0 Å². The number of anilines is 2. The zero-order valence-corrected chi connectivity index (χ0v) is 14.8. The molecule has 2 N–H and O–H groups in total. The Morgan fingerprint density at radius 2 is 2.07 bits per heavy atom. The molecule has 0 bridgehead atoms. The van der Waals surface area contributed by atoms with Crippen LogP contribution in [0.15, 0.2) is 17.8 Å². The number of hydrogen-bond acceptors (Lipinski definition) is 7. The summed E-state index contributed by atoms with van der Waals surface area (Å²) in [5.41, 5.74) is 1.83. The first-order valence-corrected chi connectivity index (χ1v) is 9.20. The van der Waals surface area contributed by atoms with Crippen LogP contribution in [0.2, 0.25) is 0 Å². The summed E-state index contributed by atoms with van der Waals surface area (Å²) in [5.74, 6) is 1.13. The molecule has 2 aliphatic heterocycles. The number of aromatic nitrogens is 3. The summed E-state index contributed by atoms with van der Waals surface area (Å²) < 4.78 is 7.21. The number of carbonyl (C=O) groups is 2. The van der Waals surface area contributed by atoms with Crippen LogP contribution >= 0.6 is 0 Å². The molecule has 140 valence electrons. The molecule has 3 fully saturated rings. The lowest BCUT2D eigenvalue weighted by Crippen LogP contribution is -2.37. The average Bonchev–Trinajstić information content (AvgIpc) is 3.31. The molecule has 0 aromatic carbocycles. The minimum Gasteiger partial charge on any atom is -0.378 e. The van der Waals surface area contributed by atoms with Gasteiger partial charge in [0.25, 0.3) is 5.91 Å². The van der Waals surface area contributed by atoms with Gasteiger partial charge in [-0.05, 0) is 18.9 Å². The zero-order valence-electron chi connectivity index (χ0n) is 14.8. The normalized spacial score (nSPS) is 21.9.